The molecule has 0 saturated carbocycles. The number of amides is 2. The molecule has 0 aliphatic carbocycles. The maximum atomic E-state index is 12.8. The molecular weight excluding hydrogens is 412 g/mol. The predicted octanol–water partition coefficient (Wildman–Crippen LogP) is 2.88. The van der Waals surface area contributed by atoms with Gasteiger partial charge in [-0.25, -0.2) is 0 Å². The second-order valence-electron chi connectivity index (χ2n) is 7.66. The highest BCUT2D eigenvalue weighted by Crippen LogP contribution is 2.28. The first-order valence-electron chi connectivity index (χ1n) is 10.4. The molecule has 1 aliphatic rings. The third-order valence-electron chi connectivity index (χ3n) is 5.42. The molecule has 0 radical (unpaired) electrons. The van der Waals surface area contributed by atoms with Crippen LogP contribution in [0.15, 0.2) is 53.1 Å². The van der Waals surface area contributed by atoms with Crippen LogP contribution in [0.5, 0.6) is 5.75 Å². The Kier molecular flexibility index (Phi) is 6.34. The normalized spacial score (nSPS) is 14.2. The molecule has 4 rings (SSSR count). The van der Waals surface area contributed by atoms with Gasteiger partial charge >= 0.3 is 5.97 Å². The van der Waals surface area contributed by atoms with Gasteiger partial charge in [0.1, 0.15) is 17.2 Å². The van der Waals surface area contributed by atoms with Crippen molar-refractivity contribution in [2.24, 2.45) is 0 Å². The van der Waals surface area contributed by atoms with Crippen molar-refractivity contribution >= 4 is 17.8 Å². The summed E-state index contributed by atoms with van der Waals surface area (Å²) in [5.41, 5.74) is 1.78. The zero-order valence-electron chi connectivity index (χ0n) is 17.7. The minimum absolute atomic E-state index is 0.0552. The zero-order chi connectivity index (χ0) is 22.5. The molecule has 32 heavy (non-hydrogen) atoms. The highest BCUT2D eigenvalue weighted by molar-refractivity contribution is 5.94. The van der Waals surface area contributed by atoms with Crippen LogP contribution in [0.1, 0.15) is 58.0 Å². The number of rotatable bonds is 6. The fourth-order valence-corrected chi connectivity index (χ4v) is 3.74. The van der Waals surface area contributed by atoms with Crippen LogP contribution in [0.2, 0.25) is 0 Å². The Morgan fingerprint density at radius 2 is 1.94 bits per heavy atom. The quantitative estimate of drug-likeness (QED) is 0.453. The molecule has 9 nitrogen and oxygen atoms in total. The number of ether oxygens (including phenoxy) is 1. The Balaban J connectivity index is 1.29. The number of nitrogens with zero attached hydrogens (tertiary/aromatic N) is 2. The molecular formula is C23H24N4O5. The van der Waals surface area contributed by atoms with Crippen LogP contribution in [-0.4, -0.2) is 46.0 Å². The van der Waals surface area contributed by atoms with Gasteiger partial charge in [0.15, 0.2) is 0 Å². The third kappa shape index (κ3) is 5.05. The average Bonchev–Trinajstić information content (AvgIpc) is 3.50. The SMILES string of the molecule is CC(=O)Oc1ccc(C(=O)N2CCC(c3cc(C(=O)NCc4ccco4)n[nH]3)CC2)cc1. The monoisotopic (exact) mass is 436 g/mol. The second kappa shape index (κ2) is 9.51. The molecule has 1 aliphatic heterocycles. The number of hydrogen-bond acceptors (Lipinski definition) is 6. The number of aromatic amines is 1. The topological polar surface area (TPSA) is 118 Å². The van der Waals surface area contributed by atoms with E-state index in [0.717, 1.165) is 18.5 Å². The van der Waals surface area contributed by atoms with Gasteiger partial charge < -0.3 is 19.4 Å². The van der Waals surface area contributed by atoms with Crippen molar-refractivity contribution < 1.29 is 23.5 Å². The molecule has 3 aromatic rings. The van der Waals surface area contributed by atoms with Gasteiger partial charge in [0, 0.05) is 37.2 Å². The van der Waals surface area contributed by atoms with Crippen molar-refractivity contribution in [3.63, 3.8) is 0 Å². The number of carbonyl (C=O) groups is 3. The second-order valence-corrected chi connectivity index (χ2v) is 7.66. The first-order chi connectivity index (χ1) is 15.5. The summed E-state index contributed by atoms with van der Waals surface area (Å²) >= 11 is 0. The Hall–Kier alpha value is -3.88. The molecule has 1 aromatic carbocycles. The van der Waals surface area contributed by atoms with Crippen molar-refractivity contribution in [1.82, 2.24) is 20.4 Å². The van der Waals surface area contributed by atoms with Crippen LogP contribution in [0.3, 0.4) is 0 Å². The fraction of sp³-hybridized carbons (Fsp3) is 0.304. The van der Waals surface area contributed by atoms with E-state index in [1.54, 1.807) is 48.7 Å². The number of likely N-dealkylation sites (tertiary alicyclic amines) is 1. The van der Waals surface area contributed by atoms with Crippen molar-refractivity contribution in [3.05, 3.63) is 71.4 Å². The van der Waals surface area contributed by atoms with Crippen molar-refractivity contribution in [1.29, 1.82) is 0 Å². The molecule has 0 spiro atoms. The number of nitrogens with one attached hydrogen (secondary N) is 2. The summed E-state index contributed by atoms with van der Waals surface area (Å²) in [6.07, 6.45) is 3.10. The van der Waals surface area contributed by atoms with Crippen LogP contribution >= 0.6 is 0 Å². The molecule has 1 fully saturated rings. The zero-order valence-corrected chi connectivity index (χ0v) is 17.7. The first kappa shape index (κ1) is 21.4. The Bertz CT molecular complexity index is 1080. The molecule has 1 saturated heterocycles. The van der Waals surface area contributed by atoms with Crippen LogP contribution < -0.4 is 10.1 Å². The van der Waals surface area contributed by atoms with E-state index < -0.39 is 5.97 Å². The Morgan fingerprint density at radius 3 is 2.59 bits per heavy atom. The largest absolute Gasteiger partial charge is 0.467 e. The minimum atomic E-state index is -0.400. The molecule has 0 unspecified atom stereocenters. The van der Waals surface area contributed by atoms with Gasteiger partial charge in [0.2, 0.25) is 0 Å². The Morgan fingerprint density at radius 1 is 1.19 bits per heavy atom. The number of benzene rings is 1. The lowest BCUT2D eigenvalue weighted by Gasteiger charge is -2.31. The number of H-pyrrole nitrogens is 1. The fourth-order valence-electron chi connectivity index (χ4n) is 3.74. The maximum Gasteiger partial charge on any atom is 0.308 e. The summed E-state index contributed by atoms with van der Waals surface area (Å²) in [6, 6.07) is 11.9. The summed E-state index contributed by atoms with van der Waals surface area (Å²) in [4.78, 5) is 37.9. The van der Waals surface area contributed by atoms with Crippen molar-refractivity contribution in [3.8, 4) is 5.75 Å². The smallest absolute Gasteiger partial charge is 0.308 e. The van der Waals surface area contributed by atoms with Crippen LogP contribution in [0, 0.1) is 0 Å². The summed E-state index contributed by atoms with van der Waals surface area (Å²) in [5, 5.41) is 9.88. The maximum absolute atomic E-state index is 12.8. The van der Waals surface area contributed by atoms with Gasteiger partial charge in [-0.2, -0.15) is 5.10 Å². The molecule has 3 heterocycles. The van der Waals surface area contributed by atoms with Gasteiger partial charge in [-0.3, -0.25) is 19.5 Å². The van der Waals surface area contributed by atoms with Crippen LogP contribution in [0.25, 0.3) is 0 Å². The standard InChI is InChI=1S/C23H24N4O5/c1-15(28)32-18-6-4-17(5-7-18)23(30)27-10-8-16(9-11-27)20-13-21(26-25-20)22(29)24-14-19-3-2-12-31-19/h2-7,12-13,16H,8-11,14H2,1H3,(H,24,29)(H,25,26). The highest BCUT2D eigenvalue weighted by atomic mass is 16.5. The molecule has 166 valence electrons. The molecule has 2 amide bonds. The number of carbonyl (C=O) groups excluding carboxylic acids is 3. The Labute approximate surface area is 184 Å². The molecule has 9 heteroatoms. The molecule has 0 atom stereocenters. The number of esters is 1. The van der Waals surface area contributed by atoms with E-state index in [4.69, 9.17) is 9.15 Å². The van der Waals surface area contributed by atoms with Crippen LogP contribution in [0.4, 0.5) is 0 Å². The summed E-state index contributed by atoms with van der Waals surface area (Å²) < 4.78 is 10.2. The summed E-state index contributed by atoms with van der Waals surface area (Å²) in [6.45, 7) is 2.85. The summed E-state index contributed by atoms with van der Waals surface area (Å²) in [5.74, 6) is 0.560. The van der Waals surface area contributed by atoms with E-state index in [1.807, 2.05) is 4.90 Å². The van der Waals surface area contributed by atoms with Gasteiger partial charge in [0.05, 0.1) is 12.8 Å². The predicted molar refractivity (Wildman–Crippen MR) is 114 cm³/mol. The number of hydrogen-bond donors (Lipinski definition) is 2. The average molecular weight is 436 g/mol. The molecule has 2 aromatic heterocycles. The van der Waals surface area contributed by atoms with E-state index in [0.29, 0.717) is 42.4 Å². The first-order valence-corrected chi connectivity index (χ1v) is 10.4. The van der Waals surface area contributed by atoms with E-state index in [-0.39, 0.29) is 17.7 Å². The minimum Gasteiger partial charge on any atom is -0.467 e. The van der Waals surface area contributed by atoms with E-state index in [1.165, 1.54) is 6.92 Å². The number of piperidine rings is 1. The third-order valence-corrected chi connectivity index (χ3v) is 5.42. The lowest BCUT2D eigenvalue weighted by Crippen LogP contribution is -2.38. The van der Waals surface area contributed by atoms with E-state index in [9.17, 15) is 14.4 Å². The van der Waals surface area contributed by atoms with Gasteiger partial charge in [-0.1, -0.05) is 0 Å². The van der Waals surface area contributed by atoms with Crippen molar-refractivity contribution in [2.45, 2.75) is 32.2 Å². The van der Waals surface area contributed by atoms with Crippen molar-refractivity contribution in [2.75, 3.05) is 13.1 Å². The highest BCUT2D eigenvalue weighted by Gasteiger charge is 2.26. The van der Waals surface area contributed by atoms with Gasteiger partial charge in [-0.05, 0) is 55.3 Å². The molecule has 0 bridgehead atoms. The van der Waals surface area contributed by atoms with Gasteiger partial charge in [-0.15, -0.1) is 0 Å². The number of furan rings is 1. The van der Waals surface area contributed by atoms with E-state index in [2.05, 4.69) is 15.5 Å². The number of aromatic nitrogens is 2. The van der Waals surface area contributed by atoms with Crippen LogP contribution in [-0.2, 0) is 11.3 Å². The molecule has 2 N–H and O–H groups in total. The lowest BCUT2D eigenvalue weighted by atomic mass is 9.93. The van der Waals surface area contributed by atoms with Gasteiger partial charge in [0.25, 0.3) is 11.8 Å². The van der Waals surface area contributed by atoms with E-state index >= 15 is 0 Å². The lowest BCUT2D eigenvalue weighted by molar-refractivity contribution is -0.131. The summed E-state index contributed by atoms with van der Waals surface area (Å²) in [7, 11) is 0.